The summed E-state index contributed by atoms with van der Waals surface area (Å²) < 4.78 is 28.7. The zero-order chi connectivity index (χ0) is 20.0. The third-order valence-electron chi connectivity index (χ3n) is 4.10. The van der Waals surface area contributed by atoms with Crippen LogP contribution in [-0.2, 0) is 14.9 Å². The highest BCUT2D eigenvalue weighted by atomic mass is 32.2. The van der Waals surface area contributed by atoms with E-state index in [1.165, 1.54) is 0 Å². The van der Waals surface area contributed by atoms with Gasteiger partial charge in [0.05, 0.1) is 4.90 Å². The quantitative estimate of drug-likeness (QED) is 0.455. The van der Waals surface area contributed by atoms with Crippen molar-refractivity contribution in [2.75, 3.05) is 40.3 Å². The molecule has 0 atom stereocenters. The van der Waals surface area contributed by atoms with Crippen molar-refractivity contribution in [2.45, 2.75) is 45.1 Å². The molecule has 26 heavy (non-hydrogen) atoms. The Hall–Kier alpha value is -1.44. The summed E-state index contributed by atoms with van der Waals surface area (Å²) in [6, 6.07) is 6.94. The van der Waals surface area contributed by atoms with Crippen LogP contribution in [0.15, 0.2) is 29.2 Å². The molecular formula is C19H34N3O3S+. The number of likely N-dealkylation sites (N-methyl/N-ethyl adjacent to an activating group) is 1. The van der Waals surface area contributed by atoms with Gasteiger partial charge in [-0.1, -0.05) is 13.8 Å². The maximum absolute atomic E-state index is 12.7. The lowest BCUT2D eigenvalue weighted by molar-refractivity contribution is -0.821. The summed E-state index contributed by atoms with van der Waals surface area (Å²) in [6.07, 6.45) is 1.87. The summed E-state index contributed by atoms with van der Waals surface area (Å²) in [4.78, 5) is 7.84. The Morgan fingerprint density at radius 2 is 1.54 bits per heavy atom. The molecular weight excluding hydrogens is 350 g/mol. The Kier molecular flexibility index (Phi) is 8.24. The minimum absolute atomic E-state index is 0.181. The van der Waals surface area contributed by atoms with Crippen LogP contribution in [0.25, 0.3) is 0 Å². The highest BCUT2D eigenvalue weighted by molar-refractivity contribution is 7.89. The molecule has 0 amide bonds. The largest absolute Gasteiger partial charge is 0.304 e. The molecule has 1 fully saturated rings. The highest BCUT2D eigenvalue weighted by Crippen LogP contribution is 2.18. The molecule has 1 saturated heterocycles. The lowest BCUT2D eigenvalue weighted by Crippen LogP contribution is -2.47. The van der Waals surface area contributed by atoms with Crippen molar-refractivity contribution in [1.29, 1.82) is 0 Å². The van der Waals surface area contributed by atoms with Crippen molar-refractivity contribution in [3.05, 3.63) is 29.8 Å². The van der Waals surface area contributed by atoms with Gasteiger partial charge in [-0.15, -0.1) is 0 Å². The van der Waals surface area contributed by atoms with Gasteiger partial charge in [0, 0.05) is 52.5 Å². The van der Waals surface area contributed by atoms with Gasteiger partial charge in [0.2, 0.25) is 21.8 Å². The molecule has 1 heterocycles. The van der Waals surface area contributed by atoms with Crippen LogP contribution in [0.1, 0.15) is 40.2 Å². The van der Waals surface area contributed by atoms with Crippen LogP contribution in [0.4, 0.5) is 0 Å². The minimum atomic E-state index is -3.42. The fourth-order valence-electron chi connectivity index (χ4n) is 2.56. The van der Waals surface area contributed by atoms with E-state index in [1.54, 1.807) is 40.4 Å². The van der Waals surface area contributed by atoms with Crippen molar-refractivity contribution in [3.63, 3.8) is 0 Å². The van der Waals surface area contributed by atoms with Gasteiger partial charge >= 0.3 is 0 Å². The van der Waals surface area contributed by atoms with Crippen LogP contribution in [0.3, 0.4) is 0 Å². The van der Waals surface area contributed by atoms with Crippen molar-refractivity contribution in [1.82, 2.24) is 9.21 Å². The van der Waals surface area contributed by atoms with Gasteiger partial charge in [-0.2, -0.15) is 4.31 Å². The standard InChI is InChI=1S/C17H28N3O3S.C2H6/c1-17(2,3)20(23-5)14-15-6-8-16(9-7-15)24(21,22)19-12-10-18(4)11-13-19;1-2/h6-9,14H,10-13H2,1-5H3;1-2H3/q+1;/b20-14-;. The van der Waals surface area contributed by atoms with E-state index in [9.17, 15) is 8.42 Å². The third-order valence-corrected chi connectivity index (χ3v) is 6.02. The molecule has 7 heteroatoms. The van der Waals surface area contributed by atoms with Gasteiger partial charge in [0.25, 0.3) is 0 Å². The van der Waals surface area contributed by atoms with E-state index < -0.39 is 10.0 Å². The predicted molar refractivity (Wildman–Crippen MR) is 106 cm³/mol. The second-order valence-corrected chi connectivity index (χ2v) is 9.02. The molecule has 0 saturated carbocycles. The van der Waals surface area contributed by atoms with Crippen LogP contribution in [0.5, 0.6) is 0 Å². The molecule has 2 rings (SSSR count). The first-order valence-corrected chi connectivity index (χ1v) is 10.6. The molecule has 148 valence electrons. The topological polar surface area (TPSA) is 52.9 Å². The monoisotopic (exact) mass is 384 g/mol. The number of nitrogens with zero attached hydrogens (tertiary/aromatic N) is 3. The van der Waals surface area contributed by atoms with Crippen LogP contribution >= 0.6 is 0 Å². The Bertz CT molecular complexity index is 684. The number of hydrogen-bond donors (Lipinski definition) is 0. The number of piperazine rings is 1. The molecule has 0 spiro atoms. The summed E-state index contributed by atoms with van der Waals surface area (Å²) >= 11 is 0. The second kappa shape index (κ2) is 9.48. The van der Waals surface area contributed by atoms with Gasteiger partial charge < -0.3 is 4.90 Å². The van der Waals surface area contributed by atoms with Crippen LogP contribution in [0.2, 0.25) is 0 Å². The number of sulfonamides is 1. The van der Waals surface area contributed by atoms with Gasteiger partial charge in [-0.3, -0.25) is 4.84 Å². The first-order valence-electron chi connectivity index (χ1n) is 9.11. The van der Waals surface area contributed by atoms with Crippen LogP contribution in [0, 0.1) is 0 Å². The normalized spacial score (nSPS) is 17.4. The molecule has 0 unspecified atom stereocenters. The minimum Gasteiger partial charge on any atom is -0.304 e. The van der Waals surface area contributed by atoms with Crippen LogP contribution < -0.4 is 0 Å². The molecule has 1 aromatic carbocycles. The maximum atomic E-state index is 12.7. The van der Waals surface area contributed by atoms with Crippen molar-refractivity contribution >= 4 is 16.2 Å². The number of rotatable bonds is 4. The van der Waals surface area contributed by atoms with Crippen LogP contribution in [-0.4, -0.2) is 74.5 Å². The average Bonchev–Trinajstić information content (AvgIpc) is 2.61. The zero-order valence-corrected chi connectivity index (χ0v) is 18.0. The lowest BCUT2D eigenvalue weighted by atomic mass is 10.1. The van der Waals surface area contributed by atoms with E-state index in [0.717, 1.165) is 18.7 Å². The summed E-state index contributed by atoms with van der Waals surface area (Å²) in [6.45, 7) is 12.7. The molecule has 1 aliphatic heterocycles. The molecule has 0 bridgehead atoms. The number of hydrogen-bond acceptors (Lipinski definition) is 4. The molecule has 1 aromatic rings. The van der Waals surface area contributed by atoms with E-state index in [1.807, 2.05) is 47.9 Å². The first kappa shape index (κ1) is 22.6. The second-order valence-electron chi connectivity index (χ2n) is 7.08. The molecule has 0 N–H and O–H groups in total. The Labute approximate surface area is 159 Å². The fourth-order valence-corrected chi connectivity index (χ4v) is 3.98. The van der Waals surface area contributed by atoms with E-state index in [2.05, 4.69) is 4.90 Å². The lowest BCUT2D eigenvalue weighted by Gasteiger charge is -2.31. The molecule has 6 nitrogen and oxygen atoms in total. The highest BCUT2D eigenvalue weighted by Gasteiger charge is 2.28. The van der Waals surface area contributed by atoms with Gasteiger partial charge in [-0.25, -0.2) is 8.42 Å². The molecule has 0 aromatic heterocycles. The van der Waals surface area contributed by atoms with E-state index in [0.29, 0.717) is 18.0 Å². The number of hydroxylamine groups is 1. The Morgan fingerprint density at radius 1 is 1.04 bits per heavy atom. The summed E-state index contributed by atoms with van der Waals surface area (Å²) in [5.74, 6) is 0. The van der Waals surface area contributed by atoms with E-state index in [-0.39, 0.29) is 5.54 Å². The molecule has 0 radical (unpaired) electrons. The van der Waals surface area contributed by atoms with Crippen molar-refractivity contribution in [3.8, 4) is 0 Å². The Morgan fingerprint density at radius 3 is 1.96 bits per heavy atom. The smallest absolute Gasteiger partial charge is 0.243 e. The van der Waals surface area contributed by atoms with E-state index in [4.69, 9.17) is 4.84 Å². The fraction of sp³-hybridized carbons (Fsp3) is 0.632. The average molecular weight is 385 g/mol. The summed E-state index contributed by atoms with van der Waals surface area (Å²) in [5, 5.41) is 0. The van der Waals surface area contributed by atoms with Gasteiger partial charge in [0.15, 0.2) is 0 Å². The van der Waals surface area contributed by atoms with E-state index >= 15 is 0 Å². The van der Waals surface area contributed by atoms with Crippen molar-refractivity contribution in [2.24, 2.45) is 0 Å². The maximum Gasteiger partial charge on any atom is 0.243 e. The number of benzene rings is 1. The summed E-state index contributed by atoms with van der Waals surface area (Å²) in [5.41, 5.74) is 0.711. The first-order chi connectivity index (χ1) is 12.1. The summed E-state index contributed by atoms with van der Waals surface area (Å²) in [7, 11) is 0.208. The molecule has 0 aliphatic carbocycles. The third kappa shape index (κ3) is 5.79. The zero-order valence-electron chi connectivity index (χ0n) is 17.2. The Balaban J connectivity index is 0.00000163. The predicted octanol–water partition coefficient (Wildman–Crippen LogP) is 2.44. The molecule has 1 aliphatic rings. The SMILES string of the molecule is CC.CO/[N+](=C\c1ccc(S(=O)(=O)N2CCN(C)CC2)cc1)C(C)(C)C. The van der Waals surface area contributed by atoms with Crippen molar-refractivity contribution < 1.29 is 18.0 Å². The van der Waals surface area contributed by atoms with Gasteiger partial charge in [0.1, 0.15) is 7.11 Å². The van der Waals surface area contributed by atoms with Gasteiger partial charge in [-0.05, 0) is 36.1 Å².